The maximum atomic E-state index is 10.9. The van der Waals surface area contributed by atoms with Gasteiger partial charge in [-0.2, -0.15) is 4.37 Å². The highest BCUT2D eigenvalue weighted by atomic mass is 32.1. The molecule has 0 aliphatic carbocycles. The highest BCUT2D eigenvalue weighted by Crippen LogP contribution is 2.27. The topological polar surface area (TPSA) is 59.4 Å². The summed E-state index contributed by atoms with van der Waals surface area (Å²) in [5.41, 5.74) is 1.68. The van der Waals surface area contributed by atoms with Crippen LogP contribution in [0.2, 0.25) is 0 Å². The molecule has 0 fully saturated rings. The van der Waals surface area contributed by atoms with Crippen LogP contribution in [0.5, 0.6) is 0 Å². The Hall–Kier alpha value is -0.940. The van der Waals surface area contributed by atoms with E-state index >= 15 is 0 Å². The Balaban J connectivity index is 2.32. The molecule has 1 aliphatic rings. The van der Waals surface area contributed by atoms with Gasteiger partial charge in [0, 0.05) is 12.0 Å². The van der Waals surface area contributed by atoms with Crippen molar-refractivity contribution in [3.63, 3.8) is 0 Å². The van der Waals surface area contributed by atoms with E-state index in [1.165, 1.54) is 0 Å². The summed E-state index contributed by atoms with van der Waals surface area (Å²) in [6.45, 7) is 2.49. The Bertz CT molecular complexity index is 361. The molecule has 2 rings (SSSR count). The van der Waals surface area contributed by atoms with Gasteiger partial charge in [-0.15, -0.1) is 0 Å². The number of hydrogen-bond acceptors (Lipinski definition) is 4. The van der Waals surface area contributed by atoms with Crippen molar-refractivity contribution in [3.8, 4) is 0 Å². The lowest BCUT2D eigenvalue weighted by Crippen LogP contribution is -2.22. The van der Waals surface area contributed by atoms with Crippen LogP contribution in [-0.4, -0.2) is 21.6 Å². The normalized spacial score (nSPS) is 20.5. The second kappa shape index (κ2) is 3.67. The first-order valence-corrected chi connectivity index (χ1v) is 5.32. The summed E-state index contributed by atoms with van der Waals surface area (Å²) in [4.78, 5) is 11.2. The third kappa shape index (κ3) is 1.53. The molecule has 1 aromatic rings. The Kier molecular flexibility index (Phi) is 2.52. The quantitative estimate of drug-likeness (QED) is 0.812. The first-order chi connectivity index (χ1) is 6.72. The molecule has 0 spiro atoms. The molecule has 2 heterocycles. The Morgan fingerprint density at radius 1 is 1.79 bits per heavy atom. The predicted octanol–water partition coefficient (Wildman–Crippen LogP) is 1.69. The van der Waals surface area contributed by atoms with Gasteiger partial charge in [0.1, 0.15) is 4.88 Å². The van der Waals surface area contributed by atoms with E-state index in [1.807, 2.05) is 6.92 Å². The molecule has 1 atom stereocenters. The average Bonchev–Trinajstić information content (AvgIpc) is 2.59. The fraction of sp³-hybridized carbons (Fsp3) is 0.556. The van der Waals surface area contributed by atoms with Gasteiger partial charge >= 0.3 is 5.97 Å². The van der Waals surface area contributed by atoms with Crippen molar-refractivity contribution in [2.24, 2.45) is 0 Å². The number of carbonyl (C=O) groups is 1. The third-order valence-corrected chi connectivity index (χ3v) is 3.32. The van der Waals surface area contributed by atoms with Crippen molar-refractivity contribution < 1.29 is 14.6 Å². The highest BCUT2D eigenvalue weighted by molar-refractivity contribution is 7.08. The second-order valence-corrected chi connectivity index (χ2v) is 4.06. The number of rotatable bonds is 2. The van der Waals surface area contributed by atoms with E-state index in [-0.39, 0.29) is 6.10 Å². The molecule has 14 heavy (non-hydrogen) atoms. The van der Waals surface area contributed by atoms with Gasteiger partial charge in [-0.05, 0) is 18.0 Å². The van der Waals surface area contributed by atoms with Crippen LogP contribution in [-0.2, 0) is 17.8 Å². The third-order valence-electron chi connectivity index (χ3n) is 2.41. The number of ether oxygens (including phenoxy) is 1. The molecule has 0 aromatic carbocycles. The number of carboxylic acids is 1. The highest BCUT2D eigenvalue weighted by Gasteiger charge is 2.26. The second-order valence-electron chi connectivity index (χ2n) is 3.29. The van der Waals surface area contributed by atoms with Gasteiger partial charge in [-0.1, -0.05) is 6.92 Å². The standard InChI is InChI=1S/C9H11NO3S/c1-2-5-3-6-7(4-13-5)10-14-8(6)9(11)12/h5H,2-4H2,1H3,(H,11,12). The van der Waals surface area contributed by atoms with E-state index in [0.717, 1.165) is 29.2 Å². The number of aromatic carboxylic acids is 1. The zero-order chi connectivity index (χ0) is 10.1. The van der Waals surface area contributed by atoms with E-state index in [0.29, 0.717) is 17.9 Å². The van der Waals surface area contributed by atoms with Crippen LogP contribution in [0.3, 0.4) is 0 Å². The lowest BCUT2D eigenvalue weighted by Gasteiger charge is -2.21. The zero-order valence-electron chi connectivity index (χ0n) is 7.82. The number of carboxylic acid groups (broad SMARTS) is 1. The largest absolute Gasteiger partial charge is 0.477 e. The van der Waals surface area contributed by atoms with Crippen molar-refractivity contribution in [1.29, 1.82) is 0 Å². The fourth-order valence-electron chi connectivity index (χ4n) is 1.58. The van der Waals surface area contributed by atoms with E-state index in [9.17, 15) is 4.79 Å². The molecule has 76 valence electrons. The van der Waals surface area contributed by atoms with Gasteiger partial charge in [0.2, 0.25) is 0 Å². The number of hydrogen-bond donors (Lipinski definition) is 1. The van der Waals surface area contributed by atoms with Crippen molar-refractivity contribution in [1.82, 2.24) is 4.37 Å². The van der Waals surface area contributed by atoms with E-state index < -0.39 is 5.97 Å². The van der Waals surface area contributed by atoms with Crippen molar-refractivity contribution >= 4 is 17.5 Å². The summed E-state index contributed by atoms with van der Waals surface area (Å²) in [6, 6.07) is 0. The van der Waals surface area contributed by atoms with Gasteiger partial charge in [0.15, 0.2) is 0 Å². The van der Waals surface area contributed by atoms with Crippen LogP contribution >= 0.6 is 11.5 Å². The lowest BCUT2D eigenvalue weighted by molar-refractivity contribution is 0.0244. The molecule has 1 unspecified atom stereocenters. The van der Waals surface area contributed by atoms with Gasteiger partial charge in [0.25, 0.3) is 0 Å². The van der Waals surface area contributed by atoms with E-state index in [4.69, 9.17) is 9.84 Å². The van der Waals surface area contributed by atoms with E-state index in [1.54, 1.807) is 0 Å². The average molecular weight is 213 g/mol. The summed E-state index contributed by atoms with van der Waals surface area (Å²) in [5.74, 6) is -0.875. The van der Waals surface area contributed by atoms with Crippen LogP contribution < -0.4 is 0 Å². The minimum Gasteiger partial charge on any atom is -0.477 e. The molecule has 1 aliphatic heterocycles. The number of fused-ring (bicyclic) bond motifs is 1. The molecule has 0 radical (unpaired) electrons. The minimum atomic E-state index is -0.875. The van der Waals surface area contributed by atoms with Gasteiger partial charge in [0.05, 0.1) is 18.4 Å². The summed E-state index contributed by atoms with van der Waals surface area (Å²) < 4.78 is 9.58. The summed E-state index contributed by atoms with van der Waals surface area (Å²) in [6.07, 6.45) is 1.75. The van der Waals surface area contributed by atoms with Crippen LogP contribution in [0.4, 0.5) is 0 Å². The number of aromatic nitrogens is 1. The molecule has 5 heteroatoms. The first-order valence-electron chi connectivity index (χ1n) is 4.54. The van der Waals surface area contributed by atoms with Crippen LogP contribution in [0, 0.1) is 0 Å². The predicted molar refractivity (Wildman–Crippen MR) is 51.6 cm³/mol. The van der Waals surface area contributed by atoms with Crippen LogP contribution in [0.15, 0.2) is 0 Å². The summed E-state index contributed by atoms with van der Waals surface area (Å²) in [5, 5.41) is 8.92. The maximum absolute atomic E-state index is 10.9. The SMILES string of the molecule is CCC1Cc2c(nsc2C(=O)O)CO1. The molecule has 0 amide bonds. The van der Waals surface area contributed by atoms with Crippen LogP contribution in [0.1, 0.15) is 34.3 Å². The smallest absolute Gasteiger partial charge is 0.347 e. The zero-order valence-corrected chi connectivity index (χ0v) is 8.63. The minimum absolute atomic E-state index is 0.150. The molecule has 4 nitrogen and oxygen atoms in total. The van der Waals surface area contributed by atoms with Crippen LogP contribution in [0.25, 0.3) is 0 Å². The summed E-state index contributed by atoms with van der Waals surface area (Å²) in [7, 11) is 0. The van der Waals surface area contributed by atoms with Gasteiger partial charge < -0.3 is 9.84 Å². The molecular formula is C9H11NO3S. The maximum Gasteiger partial charge on any atom is 0.347 e. The molecule has 1 aromatic heterocycles. The van der Waals surface area contributed by atoms with Crippen molar-refractivity contribution in [2.45, 2.75) is 32.5 Å². The van der Waals surface area contributed by atoms with E-state index in [2.05, 4.69) is 4.37 Å². The molecule has 0 bridgehead atoms. The van der Waals surface area contributed by atoms with Crippen molar-refractivity contribution in [3.05, 3.63) is 16.1 Å². The monoisotopic (exact) mass is 213 g/mol. The Morgan fingerprint density at radius 3 is 3.21 bits per heavy atom. The van der Waals surface area contributed by atoms with Crippen molar-refractivity contribution in [2.75, 3.05) is 0 Å². The van der Waals surface area contributed by atoms with Gasteiger partial charge in [-0.25, -0.2) is 4.79 Å². The molecule has 0 saturated carbocycles. The summed E-state index contributed by atoms with van der Waals surface area (Å²) >= 11 is 1.06. The lowest BCUT2D eigenvalue weighted by atomic mass is 10.0. The van der Waals surface area contributed by atoms with Gasteiger partial charge in [-0.3, -0.25) is 0 Å². The molecule has 1 N–H and O–H groups in total. The molecule has 0 saturated heterocycles. The molecular weight excluding hydrogens is 202 g/mol. The Morgan fingerprint density at radius 2 is 2.57 bits per heavy atom. The fourth-order valence-corrected chi connectivity index (χ4v) is 2.33. The number of nitrogens with zero attached hydrogens (tertiary/aromatic N) is 1. The first kappa shape index (κ1) is 9.61. The Labute approximate surface area is 85.7 Å².